The molecule has 7 nitrogen and oxygen atoms in total. The Kier molecular flexibility index (Phi) is 5.12. The molecule has 0 aliphatic carbocycles. The maximum absolute atomic E-state index is 11.9. The van der Waals surface area contributed by atoms with E-state index in [2.05, 4.69) is 15.3 Å². The fourth-order valence-corrected chi connectivity index (χ4v) is 3.35. The van der Waals surface area contributed by atoms with Crippen LogP contribution >= 0.6 is 11.8 Å². The van der Waals surface area contributed by atoms with Crippen LogP contribution in [0.3, 0.4) is 0 Å². The molecule has 1 N–H and O–H groups in total. The van der Waals surface area contributed by atoms with Crippen molar-refractivity contribution < 1.29 is 9.59 Å². The van der Waals surface area contributed by atoms with Crippen LogP contribution in [-0.2, 0) is 9.59 Å². The monoisotopic (exact) mass is 333 g/mol. The zero-order valence-electron chi connectivity index (χ0n) is 12.8. The molecule has 2 aromatic rings. The van der Waals surface area contributed by atoms with Crippen molar-refractivity contribution in [3.8, 4) is 0 Å². The predicted octanol–water partition coefficient (Wildman–Crippen LogP) is 0.950. The predicted molar refractivity (Wildman–Crippen MR) is 87.2 cm³/mol. The molecule has 3 heterocycles. The van der Waals surface area contributed by atoms with Crippen molar-refractivity contribution in [2.75, 3.05) is 25.4 Å². The number of thioether (sulfide) groups is 1. The molecule has 1 aliphatic rings. The summed E-state index contributed by atoms with van der Waals surface area (Å²) in [6.45, 7) is 2.16. The van der Waals surface area contributed by atoms with Crippen LogP contribution in [0.1, 0.15) is 19.3 Å². The molecule has 0 radical (unpaired) electrons. The van der Waals surface area contributed by atoms with Crippen LogP contribution in [0.4, 0.5) is 0 Å². The lowest BCUT2D eigenvalue weighted by Gasteiger charge is -2.15. The SMILES string of the molecule is O=C(CSc1nccn2ccnc12)NCCCN1CCCC1=O. The second kappa shape index (κ2) is 7.45. The largest absolute Gasteiger partial charge is 0.355 e. The summed E-state index contributed by atoms with van der Waals surface area (Å²) in [6, 6.07) is 0. The van der Waals surface area contributed by atoms with Crippen LogP contribution in [-0.4, -0.2) is 56.5 Å². The summed E-state index contributed by atoms with van der Waals surface area (Å²) in [5.74, 6) is 0.506. The number of hydrogen-bond donors (Lipinski definition) is 1. The minimum Gasteiger partial charge on any atom is -0.355 e. The number of imidazole rings is 1. The van der Waals surface area contributed by atoms with Crippen LogP contribution in [0.5, 0.6) is 0 Å². The molecule has 0 unspecified atom stereocenters. The van der Waals surface area contributed by atoms with Gasteiger partial charge < -0.3 is 14.6 Å². The Hall–Kier alpha value is -2.09. The van der Waals surface area contributed by atoms with Gasteiger partial charge in [0.2, 0.25) is 11.8 Å². The zero-order chi connectivity index (χ0) is 16.1. The first-order valence-corrected chi connectivity index (χ1v) is 8.67. The summed E-state index contributed by atoms with van der Waals surface area (Å²) in [5, 5.41) is 3.63. The van der Waals surface area contributed by atoms with Crippen LogP contribution in [0.15, 0.2) is 29.8 Å². The van der Waals surface area contributed by atoms with Gasteiger partial charge >= 0.3 is 0 Å². The van der Waals surface area contributed by atoms with Gasteiger partial charge in [-0.25, -0.2) is 9.97 Å². The van der Waals surface area contributed by atoms with Gasteiger partial charge in [0.25, 0.3) is 0 Å². The van der Waals surface area contributed by atoms with Gasteiger partial charge in [-0.1, -0.05) is 11.8 Å². The summed E-state index contributed by atoms with van der Waals surface area (Å²) in [5.41, 5.74) is 0.762. The smallest absolute Gasteiger partial charge is 0.230 e. The molecule has 0 atom stereocenters. The van der Waals surface area contributed by atoms with E-state index in [0.29, 0.717) is 18.7 Å². The molecule has 0 saturated carbocycles. The molecule has 2 aromatic heterocycles. The standard InChI is InChI=1S/C15H19N5O2S/c21-12(16-4-2-8-19-7-1-3-13(19)22)11-23-15-14-17-5-9-20(14)10-6-18-15/h5-6,9-10H,1-4,7-8,11H2,(H,16,21). The maximum Gasteiger partial charge on any atom is 0.230 e. The van der Waals surface area contributed by atoms with E-state index in [1.165, 1.54) is 11.8 Å². The average molecular weight is 333 g/mol. The summed E-state index contributed by atoms with van der Waals surface area (Å²) in [4.78, 5) is 33.7. The first-order valence-electron chi connectivity index (χ1n) is 7.69. The number of nitrogens with zero attached hydrogens (tertiary/aromatic N) is 4. The van der Waals surface area contributed by atoms with Gasteiger partial charge in [0.15, 0.2) is 5.65 Å². The topological polar surface area (TPSA) is 79.6 Å². The second-order valence-electron chi connectivity index (χ2n) is 5.37. The highest BCUT2D eigenvalue weighted by atomic mass is 32.2. The third-order valence-corrected chi connectivity index (χ3v) is 4.69. The Morgan fingerprint density at radius 1 is 1.30 bits per heavy atom. The first kappa shape index (κ1) is 15.8. The second-order valence-corrected chi connectivity index (χ2v) is 6.33. The van der Waals surface area contributed by atoms with Crippen molar-refractivity contribution in [3.63, 3.8) is 0 Å². The van der Waals surface area contributed by atoms with Gasteiger partial charge in [0.1, 0.15) is 5.03 Å². The summed E-state index contributed by atoms with van der Waals surface area (Å²) >= 11 is 1.38. The van der Waals surface area contributed by atoms with Gasteiger partial charge in [-0.05, 0) is 12.8 Å². The third kappa shape index (κ3) is 4.01. The van der Waals surface area contributed by atoms with E-state index in [-0.39, 0.29) is 11.8 Å². The quantitative estimate of drug-likeness (QED) is 0.603. The highest BCUT2D eigenvalue weighted by molar-refractivity contribution is 8.00. The van der Waals surface area contributed by atoms with E-state index in [9.17, 15) is 9.59 Å². The number of likely N-dealkylation sites (tertiary alicyclic amines) is 1. The molecular weight excluding hydrogens is 314 g/mol. The van der Waals surface area contributed by atoms with Crippen molar-refractivity contribution in [2.24, 2.45) is 0 Å². The minimum atomic E-state index is -0.0295. The van der Waals surface area contributed by atoms with Gasteiger partial charge in [0, 0.05) is 50.8 Å². The van der Waals surface area contributed by atoms with Crippen LogP contribution in [0.2, 0.25) is 0 Å². The lowest BCUT2D eigenvalue weighted by molar-refractivity contribution is -0.127. The fourth-order valence-electron chi connectivity index (χ4n) is 2.55. The molecule has 0 bridgehead atoms. The summed E-state index contributed by atoms with van der Waals surface area (Å²) in [6.07, 6.45) is 9.48. The number of aromatic nitrogens is 3. The molecule has 1 aliphatic heterocycles. The van der Waals surface area contributed by atoms with Crippen molar-refractivity contribution >= 4 is 29.2 Å². The Labute approximate surface area is 138 Å². The molecule has 0 aromatic carbocycles. The van der Waals surface area contributed by atoms with E-state index >= 15 is 0 Å². The Morgan fingerprint density at radius 2 is 2.13 bits per heavy atom. The van der Waals surface area contributed by atoms with E-state index in [1.807, 2.05) is 21.7 Å². The van der Waals surface area contributed by atoms with E-state index < -0.39 is 0 Å². The van der Waals surface area contributed by atoms with Crippen LogP contribution in [0, 0.1) is 0 Å². The molecule has 23 heavy (non-hydrogen) atoms. The summed E-state index contributed by atoms with van der Waals surface area (Å²) < 4.78 is 1.88. The fraction of sp³-hybridized carbons (Fsp3) is 0.467. The van der Waals surface area contributed by atoms with Crippen molar-refractivity contribution in [2.45, 2.75) is 24.3 Å². The molecule has 122 valence electrons. The number of amides is 2. The van der Waals surface area contributed by atoms with Crippen LogP contribution in [0.25, 0.3) is 5.65 Å². The molecule has 3 rings (SSSR count). The van der Waals surface area contributed by atoms with Crippen LogP contribution < -0.4 is 5.32 Å². The third-order valence-electron chi connectivity index (χ3n) is 3.72. The number of carbonyl (C=O) groups excluding carboxylic acids is 2. The van der Waals surface area contributed by atoms with Crippen molar-refractivity contribution in [1.29, 1.82) is 0 Å². The normalized spacial score (nSPS) is 14.6. The van der Waals surface area contributed by atoms with Gasteiger partial charge in [-0.3, -0.25) is 9.59 Å². The average Bonchev–Trinajstić information content (AvgIpc) is 3.18. The molecule has 2 amide bonds. The molecule has 0 spiro atoms. The number of rotatable bonds is 7. The molecular formula is C15H19N5O2S. The lowest BCUT2D eigenvalue weighted by atomic mass is 10.4. The number of fused-ring (bicyclic) bond motifs is 1. The number of hydrogen-bond acceptors (Lipinski definition) is 5. The summed E-state index contributed by atoms with van der Waals surface area (Å²) in [7, 11) is 0. The highest BCUT2D eigenvalue weighted by Gasteiger charge is 2.19. The molecule has 1 fully saturated rings. The minimum absolute atomic E-state index is 0.0295. The number of nitrogens with one attached hydrogen (secondary N) is 1. The van der Waals surface area contributed by atoms with Crippen molar-refractivity contribution in [1.82, 2.24) is 24.6 Å². The zero-order valence-corrected chi connectivity index (χ0v) is 13.6. The number of carbonyl (C=O) groups is 2. The molecule has 1 saturated heterocycles. The Bertz CT molecular complexity index is 702. The van der Waals surface area contributed by atoms with Gasteiger partial charge in [-0.15, -0.1) is 0 Å². The van der Waals surface area contributed by atoms with E-state index in [0.717, 1.165) is 36.6 Å². The first-order chi connectivity index (χ1) is 11.2. The van der Waals surface area contributed by atoms with Crippen molar-refractivity contribution in [3.05, 3.63) is 24.8 Å². The van der Waals surface area contributed by atoms with E-state index in [1.54, 1.807) is 12.4 Å². The lowest BCUT2D eigenvalue weighted by Crippen LogP contribution is -2.31. The van der Waals surface area contributed by atoms with E-state index in [4.69, 9.17) is 0 Å². The Balaban J connectivity index is 1.38. The maximum atomic E-state index is 11.9. The Morgan fingerprint density at radius 3 is 2.91 bits per heavy atom. The van der Waals surface area contributed by atoms with Gasteiger partial charge in [-0.2, -0.15) is 0 Å². The highest BCUT2D eigenvalue weighted by Crippen LogP contribution is 2.19. The molecule has 8 heteroatoms. The van der Waals surface area contributed by atoms with Gasteiger partial charge in [0.05, 0.1) is 5.75 Å².